The number of nitrogens with one attached hydrogen (secondary N) is 1. The lowest BCUT2D eigenvalue weighted by molar-refractivity contribution is -0.213. The Morgan fingerprint density at radius 3 is 1.76 bits per heavy atom. The second-order valence-corrected chi connectivity index (χ2v) is 11.7. The summed E-state index contributed by atoms with van der Waals surface area (Å²) in [6, 6.07) is 18.3. The number of benzene rings is 3. The van der Waals surface area contributed by atoms with E-state index in [1.54, 1.807) is 45.4 Å². The normalized spacial score (nSPS) is 14.4. The molecule has 5 N–H and O–H groups in total. The number of para-hydroxylation sites is 2. The first-order valence-corrected chi connectivity index (χ1v) is 15.7. The molecule has 0 fully saturated rings. The van der Waals surface area contributed by atoms with Gasteiger partial charge in [-0.15, -0.1) is 0 Å². The number of hydrogen-bond donors (Lipinski definition) is 5. The molecule has 0 bridgehead atoms. The van der Waals surface area contributed by atoms with Crippen LogP contribution in [-0.2, 0) is 32.0 Å². The van der Waals surface area contributed by atoms with Crippen LogP contribution >= 0.6 is 0 Å². The Labute approximate surface area is 289 Å². The minimum atomic E-state index is -3.07. The smallest absolute Gasteiger partial charge is 0.344 e. The van der Waals surface area contributed by atoms with E-state index in [4.69, 9.17) is 14.2 Å². The number of allylic oxidation sites excluding steroid dienone is 1. The molecule has 4 aromatic rings. The highest BCUT2D eigenvalue weighted by Gasteiger charge is 2.63. The minimum absolute atomic E-state index is 0.230. The number of carboxylic acid groups (broad SMARTS) is 2. The number of aliphatic hydroxyl groups is 2. The zero-order chi connectivity index (χ0) is 36.8. The van der Waals surface area contributed by atoms with Crippen LogP contribution in [0.4, 0.5) is 5.69 Å². The lowest BCUT2D eigenvalue weighted by Crippen LogP contribution is -2.59. The molecule has 1 aromatic heterocycles. The Hall–Kier alpha value is -5.72. The summed E-state index contributed by atoms with van der Waals surface area (Å²) in [6.45, 7) is 9.76. The molecule has 2 atom stereocenters. The lowest BCUT2D eigenvalue weighted by atomic mass is 9.73. The highest BCUT2D eigenvalue weighted by atomic mass is 16.6. The third-order valence-corrected chi connectivity index (χ3v) is 8.33. The van der Waals surface area contributed by atoms with Gasteiger partial charge in [-0.1, -0.05) is 71.8 Å². The summed E-state index contributed by atoms with van der Waals surface area (Å²) in [5.74, 6) is -2.72. The summed E-state index contributed by atoms with van der Waals surface area (Å²) >= 11 is 0. The number of hydrogen-bond acceptors (Lipinski definition) is 10. The third-order valence-electron chi connectivity index (χ3n) is 8.33. The summed E-state index contributed by atoms with van der Waals surface area (Å²) in [7, 11) is 1.54. The van der Waals surface area contributed by atoms with Gasteiger partial charge in [0, 0.05) is 23.9 Å². The van der Waals surface area contributed by atoms with Gasteiger partial charge < -0.3 is 40.0 Å². The van der Waals surface area contributed by atoms with Gasteiger partial charge in [0.1, 0.15) is 0 Å². The van der Waals surface area contributed by atoms with E-state index in [0.29, 0.717) is 36.0 Å². The van der Waals surface area contributed by atoms with Gasteiger partial charge in [-0.25, -0.2) is 19.4 Å². The standard InChI is InChI=1S/C20H22N2O4.C18H18O6/c1-5-25-19-15-10-14(13(3)22-18(15)12(2)11-21-19)20(23)26-17-9-7-6-8-16(17)24-4;1-11-3-7-13(8-4-11)17(23,15(19)20)18(24,16(21)22)14-9-5-12(2)6-10-14/h6-9,11,22H,5,10H2,1-4H3;3-10,23-24H,1-2H3,(H,19,20)(H,21,22)/t;17-,18-/m.1/s1. The van der Waals surface area contributed by atoms with Crippen molar-refractivity contribution in [2.45, 2.75) is 52.2 Å². The van der Waals surface area contributed by atoms with Crippen LogP contribution in [-0.4, -0.2) is 57.0 Å². The summed E-state index contributed by atoms with van der Waals surface area (Å²) in [5.41, 5.74) is -0.910. The Morgan fingerprint density at radius 1 is 0.800 bits per heavy atom. The molecule has 1 aliphatic rings. The van der Waals surface area contributed by atoms with Crippen LogP contribution in [0, 0.1) is 20.8 Å². The van der Waals surface area contributed by atoms with Crippen LogP contribution in [0.25, 0.3) is 0 Å². The zero-order valence-corrected chi connectivity index (χ0v) is 28.6. The van der Waals surface area contributed by atoms with Crippen molar-refractivity contribution in [3.63, 3.8) is 0 Å². The van der Waals surface area contributed by atoms with Gasteiger partial charge in [-0.3, -0.25) is 0 Å². The maximum absolute atomic E-state index is 12.8. The number of aromatic nitrogens is 1. The van der Waals surface area contributed by atoms with E-state index in [0.717, 1.165) is 33.6 Å². The number of fused-ring (bicyclic) bond motifs is 1. The molecule has 0 radical (unpaired) electrons. The number of anilines is 1. The van der Waals surface area contributed by atoms with Gasteiger partial charge in [0.15, 0.2) is 11.5 Å². The fraction of sp³-hybridized carbons (Fsp3) is 0.263. The van der Waals surface area contributed by atoms with Gasteiger partial charge in [-0.2, -0.15) is 0 Å². The number of esters is 1. The highest BCUT2D eigenvalue weighted by molar-refractivity contribution is 5.94. The first-order chi connectivity index (χ1) is 23.7. The number of nitrogens with zero attached hydrogens (tertiary/aromatic N) is 1. The Balaban J connectivity index is 0.000000226. The fourth-order valence-electron chi connectivity index (χ4n) is 5.47. The first-order valence-electron chi connectivity index (χ1n) is 15.7. The molecule has 1 aliphatic heterocycles. The van der Waals surface area contributed by atoms with Gasteiger partial charge in [0.2, 0.25) is 17.1 Å². The monoisotopic (exact) mass is 684 g/mol. The summed E-state index contributed by atoms with van der Waals surface area (Å²) in [6.07, 6.45) is 2.16. The first kappa shape index (κ1) is 37.1. The molecule has 0 saturated carbocycles. The number of carbonyl (C=O) groups is 3. The average Bonchev–Trinajstić information content (AvgIpc) is 3.09. The number of aliphatic carboxylic acids is 2. The van der Waals surface area contributed by atoms with Crippen LogP contribution in [0.2, 0.25) is 0 Å². The molecule has 5 rings (SSSR count). The van der Waals surface area contributed by atoms with E-state index >= 15 is 0 Å². The molecule has 0 amide bonds. The van der Waals surface area contributed by atoms with Crippen molar-refractivity contribution in [1.29, 1.82) is 0 Å². The maximum atomic E-state index is 12.8. The van der Waals surface area contributed by atoms with Crippen molar-refractivity contribution >= 4 is 23.6 Å². The van der Waals surface area contributed by atoms with Gasteiger partial charge in [0.25, 0.3) is 0 Å². The second-order valence-electron chi connectivity index (χ2n) is 11.7. The SMILES string of the molecule is CCOc1ncc(C)c2c1CC(C(=O)Oc1ccccc1OC)=C(C)N2.Cc1ccc([C@@](O)(C(=O)O)[C@](O)(C(=O)O)c2ccc(C)cc2)cc1. The highest BCUT2D eigenvalue weighted by Crippen LogP contribution is 2.42. The molecule has 3 aromatic carbocycles. The molecule has 0 aliphatic carbocycles. The van der Waals surface area contributed by atoms with Crippen LogP contribution in [0.3, 0.4) is 0 Å². The van der Waals surface area contributed by atoms with Gasteiger partial charge in [-0.05, 0) is 63.4 Å². The van der Waals surface area contributed by atoms with Crippen molar-refractivity contribution in [1.82, 2.24) is 4.98 Å². The summed E-state index contributed by atoms with van der Waals surface area (Å²) in [5, 5.41) is 44.1. The molecule has 262 valence electrons. The predicted molar refractivity (Wildman–Crippen MR) is 184 cm³/mol. The number of aryl methyl sites for hydroxylation is 3. The Kier molecular flexibility index (Phi) is 11.3. The predicted octanol–water partition coefficient (Wildman–Crippen LogP) is 5.19. The van der Waals surface area contributed by atoms with Crippen molar-refractivity contribution < 1.29 is 49.0 Å². The number of carboxylic acids is 2. The Morgan fingerprint density at radius 2 is 1.30 bits per heavy atom. The second kappa shape index (κ2) is 15.2. The van der Waals surface area contributed by atoms with Crippen LogP contribution < -0.4 is 19.5 Å². The van der Waals surface area contributed by atoms with E-state index < -0.39 is 29.1 Å². The number of rotatable bonds is 10. The average molecular weight is 685 g/mol. The van der Waals surface area contributed by atoms with Crippen molar-refractivity contribution in [2.75, 3.05) is 19.0 Å². The van der Waals surface area contributed by atoms with E-state index in [1.807, 2.05) is 26.8 Å². The largest absolute Gasteiger partial charge is 0.493 e. The molecule has 12 heteroatoms. The molecule has 0 spiro atoms. The number of ether oxygens (including phenoxy) is 3. The molecule has 0 saturated heterocycles. The van der Waals surface area contributed by atoms with E-state index in [1.165, 1.54) is 48.5 Å². The van der Waals surface area contributed by atoms with Gasteiger partial charge in [0.05, 0.1) is 25.0 Å². The van der Waals surface area contributed by atoms with Crippen molar-refractivity contribution in [3.8, 4) is 17.4 Å². The lowest BCUT2D eigenvalue weighted by Gasteiger charge is -2.37. The molecular weight excluding hydrogens is 644 g/mol. The maximum Gasteiger partial charge on any atom is 0.344 e. The molecular formula is C38H40N2O10. The fourth-order valence-corrected chi connectivity index (χ4v) is 5.47. The van der Waals surface area contributed by atoms with E-state index in [9.17, 15) is 34.8 Å². The van der Waals surface area contributed by atoms with Crippen molar-refractivity contribution in [3.05, 3.63) is 124 Å². The quantitative estimate of drug-likeness (QED) is 0.109. The van der Waals surface area contributed by atoms with E-state index in [2.05, 4.69) is 10.3 Å². The molecule has 50 heavy (non-hydrogen) atoms. The zero-order valence-electron chi connectivity index (χ0n) is 28.6. The number of methoxy groups -OCH3 is 1. The van der Waals surface area contributed by atoms with Gasteiger partial charge >= 0.3 is 17.9 Å². The summed E-state index contributed by atoms with van der Waals surface area (Å²) in [4.78, 5) is 40.8. The number of pyridine rings is 1. The van der Waals surface area contributed by atoms with Crippen LogP contribution in [0.15, 0.2) is 90.3 Å². The molecule has 0 unspecified atom stereocenters. The number of carbonyl (C=O) groups excluding carboxylic acids is 1. The topological polar surface area (TPSA) is 185 Å². The van der Waals surface area contributed by atoms with E-state index in [-0.39, 0.29) is 11.1 Å². The Bertz CT molecular complexity index is 1850. The van der Waals surface area contributed by atoms with Crippen molar-refractivity contribution in [2.24, 2.45) is 0 Å². The third kappa shape index (κ3) is 7.16. The molecule has 2 heterocycles. The van der Waals surface area contributed by atoms with Crippen LogP contribution in [0.1, 0.15) is 47.2 Å². The minimum Gasteiger partial charge on any atom is -0.493 e. The molecule has 12 nitrogen and oxygen atoms in total. The van der Waals surface area contributed by atoms with Crippen LogP contribution in [0.5, 0.6) is 17.4 Å². The summed E-state index contributed by atoms with van der Waals surface area (Å²) < 4.78 is 16.4.